The quantitative estimate of drug-likeness (QED) is 0.323. The molecule has 4 aromatic rings. The molecular formula is C29H26N2O5. The molecule has 0 radical (unpaired) electrons. The van der Waals surface area contributed by atoms with Crippen LogP contribution in [0.15, 0.2) is 76.6 Å². The summed E-state index contributed by atoms with van der Waals surface area (Å²) in [5.74, 6) is 1.08. The third kappa shape index (κ3) is 3.82. The lowest BCUT2D eigenvalue weighted by molar-refractivity contribution is 0.0970. The zero-order valence-electron chi connectivity index (χ0n) is 20.4. The zero-order valence-corrected chi connectivity index (χ0v) is 20.4. The van der Waals surface area contributed by atoms with Crippen LogP contribution in [-0.2, 0) is 0 Å². The van der Waals surface area contributed by atoms with Gasteiger partial charge in [-0.25, -0.2) is 4.98 Å². The minimum atomic E-state index is -0.752. The number of aryl methyl sites for hydroxylation is 2. The molecule has 0 N–H and O–H groups in total. The van der Waals surface area contributed by atoms with Gasteiger partial charge in [-0.3, -0.25) is 14.5 Å². The van der Waals surface area contributed by atoms with Gasteiger partial charge in [-0.15, -0.1) is 0 Å². The minimum Gasteiger partial charge on any atom is -0.490 e. The molecule has 0 aliphatic carbocycles. The Kier molecular flexibility index (Phi) is 6.06. The van der Waals surface area contributed by atoms with E-state index in [-0.39, 0.29) is 16.8 Å². The number of hydrogen-bond acceptors (Lipinski definition) is 6. The van der Waals surface area contributed by atoms with Crippen molar-refractivity contribution in [1.82, 2.24) is 4.98 Å². The Balaban J connectivity index is 1.76. The van der Waals surface area contributed by atoms with Gasteiger partial charge in [-0.05, 0) is 73.9 Å². The summed E-state index contributed by atoms with van der Waals surface area (Å²) in [6.45, 7) is 10.2. The number of carbonyl (C=O) groups excluding carboxylic acids is 1. The van der Waals surface area contributed by atoms with E-state index in [4.69, 9.17) is 13.9 Å². The summed E-state index contributed by atoms with van der Waals surface area (Å²) < 4.78 is 17.7. The second kappa shape index (κ2) is 9.34. The van der Waals surface area contributed by atoms with Crippen molar-refractivity contribution in [2.45, 2.75) is 26.8 Å². The zero-order chi connectivity index (χ0) is 25.4. The fraction of sp³-hybridized carbons (Fsp3) is 0.207. The highest BCUT2D eigenvalue weighted by Gasteiger charge is 2.44. The summed E-state index contributed by atoms with van der Waals surface area (Å²) in [6, 6.07) is 13.6. The molecule has 0 fully saturated rings. The van der Waals surface area contributed by atoms with Gasteiger partial charge in [0, 0.05) is 6.20 Å². The highest BCUT2D eigenvalue weighted by Crippen LogP contribution is 2.43. The summed E-state index contributed by atoms with van der Waals surface area (Å²) in [5.41, 5.74) is 3.06. The number of nitrogens with zero attached hydrogens (tertiary/aromatic N) is 2. The number of ether oxygens (including phenoxy) is 2. The molecule has 7 heteroatoms. The van der Waals surface area contributed by atoms with Crippen molar-refractivity contribution in [3.05, 3.63) is 106 Å². The molecule has 1 unspecified atom stereocenters. The largest absolute Gasteiger partial charge is 0.490 e. The van der Waals surface area contributed by atoms with Crippen LogP contribution in [-0.4, -0.2) is 24.1 Å². The van der Waals surface area contributed by atoms with Crippen molar-refractivity contribution in [3.8, 4) is 11.5 Å². The summed E-state index contributed by atoms with van der Waals surface area (Å²) in [5, 5.41) is 0.438. The fourth-order valence-electron chi connectivity index (χ4n) is 4.51. The Morgan fingerprint density at radius 2 is 1.86 bits per heavy atom. The lowest BCUT2D eigenvalue weighted by atomic mass is 9.97. The number of hydrogen-bond donors (Lipinski definition) is 0. The van der Waals surface area contributed by atoms with Gasteiger partial charge in [-0.1, -0.05) is 24.8 Å². The number of rotatable bonds is 7. The first-order valence-electron chi connectivity index (χ1n) is 11.8. The van der Waals surface area contributed by atoms with E-state index in [1.54, 1.807) is 48.7 Å². The highest BCUT2D eigenvalue weighted by atomic mass is 16.5. The first kappa shape index (κ1) is 23.4. The topological polar surface area (TPSA) is 81.9 Å². The first-order valence-corrected chi connectivity index (χ1v) is 11.8. The van der Waals surface area contributed by atoms with E-state index in [0.717, 1.165) is 11.1 Å². The Hall–Kier alpha value is -4.39. The number of pyridine rings is 1. The van der Waals surface area contributed by atoms with E-state index >= 15 is 0 Å². The lowest BCUT2D eigenvalue weighted by Crippen LogP contribution is -2.30. The molecule has 5 rings (SSSR count). The summed E-state index contributed by atoms with van der Waals surface area (Å²) in [4.78, 5) is 33.5. The maximum Gasteiger partial charge on any atom is 0.296 e. The maximum atomic E-state index is 13.9. The Bertz CT molecular complexity index is 1540. The maximum absolute atomic E-state index is 13.9. The standard InChI is InChI=1S/C29H26N2O5/c1-5-13-35-21-11-10-19(16-23(21)34-6-2)26-25-27(32)20-14-17(3)18(4)15-22(20)36-28(25)29(33)31(26)24-9-7-8-12-30-24/h5,7-12,14-16,26H,1,6,13H2,2-4H3. The predicted molar refractivity (Wildman–Crippen MR) is 138 cm³/mol. The third-order valence-electron chi connectivity index (χ3n) is 6.32. The van der Waals surface area contributed by atoms with Crippen LogP contribution < -0.4 is 19.8 Å². The Morgan fingerprint density at radius 3 is 2.58 bits per heavy atom. The first-order chi connectivity index (χ1) is 17.4. The molecule has 182 valence electrons. The molecule has 2 aromatic heterocycles. The van der Waals surface area contributed by atoms with Crippen molar-refractivity contribution in [1.29, 1.82) is 0 Å². The SMILES string of the molecule is C=CCOc1ccc(C2c3c(oc4cc(C)c(C)cc4c3=O)C(=O)N2c2ccccn2)cc1OCC. The van der Waals surface area contributed by atoms with Gasteiger partial charge >= 0.3 is 0 Å². The molecular weight excluding hydrogens is 456 g/mol. The van der Waals surface area contributed by atoms with Crippen LogP contribution in [0.1, 0.15) is 45.8 Å². The third-order valence-corrected chi connectivity index (χ3v) is 6.32. The predicted octanol–water partition coefficient (Wildman–Crippen LogP) is 5.52. The van der Waals surface area contributed by atoms with Crippen molar-refractivity contribution >= 4 is 22.7 Å². The molecule has 1 amide bonds. The second-order valence-corrected chi connectivity index (χ2v) is 8.61. The van der Waals surface area contributed by atoms with Gasteiger partial charge in [-0.2, -0.15) is 0 Å². The van der Waals surface area contributed by atoms with Crippen LogP contribution in [0.3, 0.4) is 0 Å². The number of aromatic nitrogens is 1. The minimum absolute atomic E-state index is 0.0244. The number of benzene rings is 2. The molecule has 0 bridgehead atoms. The molecule has 3 heterocycles. The molecule has 0 spiro atoms. The van der Waals surface area contributed by atoms with Crippen LogP contribution in [0.2, 0.25) is 0 Å². The Labute approximate surface area is 208 Å². The van der Waals surface area contributed by atoms with Crippen LogP contribution in [0, 0.1) is 13.8 Å². The normalized spacial score (nSPS) is 14.7. The van der Waals surface area contributed by atoms with Crippen LogP contribution in [0.5, 0.6) is 11.5 Å². The second-order valence-electron chi connectivity index (χ2n) is 8.61. The van der Waals surface area contributed by atoms with Gasteiger partial charge in [0.05, 0.1) is 23.6 Å². The van der Waals surface area contributed by atoms with Crippen molar-refractivity contribution in [2.75, 3.05) is 18.1 Å². The van der Waals surface area contributed by atoms with Crippen molar-refractivity contribution in [2.24, 2.45) is 0 Å². The molecule has 7 nitrogen and oxygen atoms in total. The Morgan fingerprint density at radius 1 is 1.06 bits per heavy atom. The highest BCUT2D eigenvalue weighted by molar-refractivity contribution is 6.10. The molecule has 1 atom stereocenters. The van der Waals surface area contributed by atoms with Crippen LogP contribution in [0.4, 0.5) is 5.82 Å². The average molecular weight is 483 g/mol. The molecule has 0 saturated heterocycles. The van der Waals surface area contributed by atoms with Gasteiger partial charge in [0.15, 0.2) is 16.9 Å². The average Bonchev–Trinajstić information content (AvgIpc) is 3.17. The van der Waals surface area contributed by atoms with Crippen molar-refractivity contribution in [3.63, 3.8) is 0 Å². The lowest BCUT2D eigenvalue weighted by Gasteiger charge is -2.25. The number of fused-ring (bicyclic) bond motifs is 2. The summed E-state index contributed by atoms with van der Waals surface area (Å²) >= 11 is 0. The molecule has 1 aliphatic rings. The number of amides is 1. The number of carbonyl (C=O) groups is 1. The smallest absolute Gasteiger partial charge is 0.296 e. The van der Waals surface area contributed by atoms with E-state index in [2.05, 4.69) is 11.6 Å². The summed E-state index contributed by atoms with van der Waals surface area (Å²) in [6.07, 6.45) is 3.26. The molecule has 0 saturated carbocycles. The van der Waals surface area contributed by atoms with Crippen LogP contribution >= 0.6 is 0 Å². The molecule has 36 heavy (non-hydrogen) atoms. The molecule has 1 aliphatic heterocycles. The fourth-order valence-corrected chi connectivity index (χ4v) is 4.51. The molecule has 2 aromatic carbocycles. The van der Waals surface area contributed by atoms with E-state index in [1.807, 2.05) is 32.9 Å². The van der Waals surface area contributed by atoms with Gasteiger partial charge in [0.1, 0.15) is 18.0 Å². The van der Waals surface area contributed by atoms with Crippen LogP contribution in [0.25, 0.3) is 11.0 Å². The van der Waals surface area contributed by atoms with Gasteiger partial charge in [0.25, 0.3) is 5.91 Å². The monoisotopic (exact) mass is 482 g/mol. The van der Waals surface area contributed by atoms with Gasteiger partial charge in [0.2, 0.25) is 5.76 Å². The van der Waals surface area contributed by atoms with Gasteiger partial charge < -0.3 is 13.9 Å². The van der Waals surface area contributed by atoms with E-state index in [9.17, 15) is 9.59 Å². The van der Waals surface area contributed by atoms with E-state index < -0.39 is 11.9 Å². The van der Waals surface area contributed by atoms with E-state index in [0.29, 0.717) is 47.1 Å². The van der Waals surface area contributed by atoms with Crippen molar-refractivity contribution < 1.29 is 18.7 Å². The number of anilines is 1. The summed E-state index contributed by atoms with van der Waals surface area (Å²) in [7, 11) is 0. The van der Waals surface area contributed by atoms with E-state index in [1.165, 1.54) is 4.90 Å².